The molecule has 0 spiro atoms. The summed E-state index contributed by atoms with van der Waals surface area (Å²) in [7, 11) is -3.62. The molecule has 3 atom stereocenters. The van der Waals surface area contributed by atoms with E-state index in [1.165, 1.54) is 0 Å². The number of rotatable bonds is 3. The van der Waals surface area contributed by atoms with Crippen molar-refractivity contribution in [3.05, 3.63) is 0 Å². The normalized spacial score (nSPS) is 37.9. The zero-order chi connectivity index (χ0) is 21.9. The standard InChI is InChI=1S/C20H33N3O6S/c1-19(2,3)29-17(24)22-15-4-5-23(11-15)18(25)28-16-13-6-12-7-14(16)10-20(8-12,9-13)30(21,26)27/h12-16H,4-11H2,1-3H3,(H,22,24)(H2,21,26,27)/t12?,13?,14?,15-,16?,20?/m1/s1. The first-order valence-corrected chi connectivity index (χ1v) is 12.4. The lowest BCUT2D eigenvalue weighted by molar-refractivity contribution is -0.0939. The minimum Gasteiger partial charge on any atom is -0.446 e. The molecule has 2 unspecified atom stereocenters. The van der Waals surface area contributed by atoms with Gasteiger partial charge >= 0.3 is 12.2 Å². The molecule has 1 aliphatic heterocycles. The number of ether oxygens (including phenoxy) is 2. The van der Waals surface area contributed by atoms with Crippen LogP contribution in [-0.4, -0.2) is 61.1 Å². The molecule has 0 aromatic carbocycles. The van der Waals surface area contributed by atoms with Crippen molar-refractivity contribution in [2.45, 2.75) is 81.8 Å². The van der Waals surface area contributed by atoms with Gasteiger partial charge in [0.1, 0.15) is 11.7 Å². The maximum Gasteiger partial charge on any atom is 0.410 e. The predicted octanol–water partition coefficient (Wildman–Crippen LogP) is 1.96. The fourth-order valence-electron chi connectivity index (χ4n) is 6.15. The number of amides is 2. The third kappa shape index (κ3) is 4.12. The van der Waals surface area contributed by atoms with Crippen molar-refractivity contribution in [2.24, 2.45) is 22.9 Å². The lowest BCUT2D eigenvalue weighted by Gasteiger charge is -2.58. The van der Waals surface area contributed by atoms with E-state index in [1.54, 1.807) is 25.7 Å². The number of nitrogens with zero attached hydrogens (tertiary/aromatic N) is 1. The van der Waals surface area contributed by atoms with Crippen LogP contribution in [0.2, 0.25) is 0 Å². The fraction of sp³-hybridized carbons (Fsp3) is 0.900. The Balaban J connectivity index is 1.33. The third-order valence-electron chi connectivity index (χ3n) is 7.14. The molecule has 0 radical (unpaired) electrons. The zero-order valence-corrected chi connectivity index (χ0v) is 18.7. The molecular weight excluding hydrogens is 410 g/mol. The maximum atomic E-state index is 12.8. The van der Waals surface area contributed by atoms with E-state index in [1.807, 2.05) is 0 Å². The smallest absolute Gasteiger partial charge is 0.410 e. The summed E-state index contributed by atoms with van der Waals surface area (Å²) in [6.45, 7) is 6.29. The summed E-state index contributed by atoms with van der Waals surface area (Å²) in [6.07, 6.45) is 2.93. The van der Waals surface area contributed by atoms with Gasteiger partial charge in [-0.15, -0.1) is 0 Å². The van der Waals surface area contributed by atoms with Gasteiger partial charge in [0, 0.05) is 13.1 Å². The quantitative estimate of drug-likeness (QED) is 0.686. The van der Waals surface area contributed by atoms with E-state index in [0.717, 1.165) is 12.8 Å². The molecule has 1 saturated heterocycles. The summed E-state index contributed by atoms with van der Waals surface area (Å²) in [5.74, 6) is 0.457. The molecule has 5 fully saturated rings. The second kappa shape index (κ2) is 7.25. The zero-order valence-electron chi connectivity index (χ0n) is 17.9. The average molecular weight is 444 g/mol. The van der Waals surface area contributed by atoms with Crippen molar-refractivity contribution in [1.82, 2.24) is 10.2 Å². The molecule has 10 heteroatoms. The summed E-state index contributed by atoms with van der Waals surface area (Å²) in [5, 5.41) is 8.39. The van der Waals surface area contributed by atoms with Gasteiger partial charge in [0.25, 0.3) is 0 Å². The molecule has 4 aliphatic carbocycles. The van der Waals surface area contributed by atoms with Crippen molar-refractivity contribution in [3.63, 3.8) is 0 Å². The highest BCUT2D eigenvalue weighted by Crippen LogP contribution is 2.59. The van der Waals surface area contributed by atoms with Crippen molar-refractivity contribution in [3.8, 4) is 0 Å². The monoisotopic (exact) mass is 443 g/mol. The first-order valence-electron chi connectivity index (χ1n) is 10.8. The third-order valence-corrected chi connectivity index (χ3v) is 8.85. The summed E-state index contributed by atoms with van der Waals surface area (Å²) in [4.78, 5) is 26.4. The molecule has 4 bridgehead atoms. The van der Waals surface area contributed by atoms with E-state index in [4.69, 9.17) is 14.6 Å². The molecule has 170 valence electrons. The van der Waals surface area contributed by atoms with Gasteiger partial charge in [-0.05, 0) is 77.0 Å². The van der Waals surface area contributed by atoms with Gasteiger partial charge in [-0.1, -0.05) is 0 Å². The molecule has 4 saturated carbocycles. The van der Waals surface area contributed by atoms with Crippen LogP contribution in [0.25, 0.3) is 0 Å². The lowest BCUT2D eigenvalue weighted by Crippen LogP contribution is -2.62. The molecule has 2 amide bonds. The van der Waals surface area contributed by atoms with Crippen molar-refractivity contribution in [1.29, 1.82) is 0 Å². The molecule has 3 N–H and O–H groups in total. The molecular formula is C20H33N3O6S. The predicted molar refractivity (Wildman–Crippen MR) is 109 cm³/mol. The molecule has 5 rings (SSSR count). The number of likely N-dealkylation sites (tertiary alicyclic amines) is 1. The van der Waals surface area contributed by atoms with Gasteiger partial charge in [-0.3, -0.25) is 0 Å². The minimum absolute atomic E-state index is 0.0526. The van der Waals surface area contributed by atoms with Crippen LogP contribution in [0.1, 0.15) is 59.3 Å². The van der Waals surface area contributed by atoms with Crippen LogP contribution in [0.3, 0.4) is 0 Å². The second-order valence-electron chi connectivity index (χ2n) is 10.6. The van der Waals surface area contributed by atoms with Crippen molar-refractivity contribution in [2.75, 3.05) is 13.1 Å². The largest absolute Gasteiger partial charge is 0.446 e. The highest BCUT2D eigenvalue weighted by Gasteiger charge is 2.61. The number of alkyl carbamates (subject to hydrolysis) is 1. The minimum atomic E-state index is -3.62. The Morgan fingerprint density at radius 1 is 1.13 bits per heavy atom. The Morgan fingerprint density at radius 2 is 1.77 bits per heavy atom. The number of carbonyl (C=O) groups is 2. The van der Waals surface area contributed by atoms with E-state index in [9.17, 15) is 18.0 Å². The van der Waals surface area contributed by atoms with E-state index in [-0.39, 0.29) is 30.1 Å². The van der Waals surface area contributed by atoms with Gasteiger partial charge in [0.05, 0.1) is 10.8 Å². The van der Waals surface area contributed by atoms with Crippen LogP contribution in [0.15, 0.2) is 0 Å². The van der Waals surface area contributed by atoms with Crippen molar-refractivity contribution >= 4 is 22.2 Å². The second-order valence-corrected chi connectivity index (χ2v) is 12.6. The summed E-state index contributed by atoms with van der Waals surface area (Å²) in [5.41, 5.74) is -0.574. The topological polar surface area (TPSA) is 128 Å². The fourth-order valence-corrected chi connectivity index (χ4v) is 7.51. The van der Waals surface area contributed by atoms with Gasteiger partial charge in [-0.2, -0.15) is 0 Å². The van der Waals surface area contributed by atoms with Gasteiger partial charge in [0.2, 0.25) is 10.0 Å². The Labute approximate surface area is 178 Å². The highest BCUT2D eigenvalue weighted by atomic mass is 32.2. The summed E-state index contributed by atoms with van der Waals surface area (Å²) >= 11 is 0. The number of carbonyl (C=O) groups excluding carboxylic acids is 2. The first kappa shape index (κ1) is 21.7. The lowest BCUT2D eigenvalue weighted by atomic mass is 9.54. The molecule has 30 heavy (non-hydrogen) atoms. The summed E-state index contributed by atoms with van der Waals surface area (Å²) < 4.78 is 34.9. The number of sulfonamides is 1. The van der Waals surface area contributed by atoms with Crippen LogP contribution in [-0.2, 0) is 19.5 Å². The van der Waals surface area contributed by atoms with Crippen LogP contribution in [0.4, 0.5) is 9.59 Å². The number of nitrogens with two attached hydrogens (primary N) is 1. The van der Waals surface area contributed by atoms with Gasteiger partial charge in [-0.25, -0.2) is 23.1 Å². The maximum absolute atomic E-state index is 12.8. The Bertz CT molecular complexity index is 807. The Kier molecular flexibility index (Phi) is 5.24. The number of primary sulfonamides is 1. The van der Waals surface area contributed by atoms with Gasteiger partial charge < -0.3 is 19.7 Å². The Morgan fingerprint density at radius 3 is 2.33 bits per heavy atom. The van der Waals surface area contributed by atoms with E-state index >= 15 is 0 Å². The van der Waals surface area contributed by atoms with E-state index < -0.39 is 26.5 Å². The van der Waals surface area contributed by atoms with E-state index in [0.29, 0.717) is 44.7 Å². The van der Waals surface area contributed by atoms with Crippen LogP contribution in [0.5, 0.6) is 0 Å². The SMILES string of the molecule is CC(C)(C)OC(=O)N[C@@H]1CCN(C(=O)OC2C3CC4CC2CC(S(N)(=O)=O)(C4)C3)C1. The Hall–Kier alpha value is -1.55. The van der Waals surface area contributed by atoms with Crippen molar-refractivity contribution < 1.29 is 27.5 Å². The molecule has 0 aromatic rings. The molecule has 5 aliphatic rings. The number of hydrogen-bond acceptors (Lipinski definition) is 6. The van der Waals surface area contributed by atoms with Crippen LogP contribution >= 0.6 is 0 Å². The van der Waals surface area contributed by atoms with E-state index in [2.05, 4.69) is 5.32 Å². The van der Waals surface area contributed by atoms with Crippen LogP contribution < -0.4 is 10.5 Å². The summed E-state index contributed by atoms with van der Waals surface area (Å²) in [6, 6.07) is -0.170. The highest BCUT2D eigenvalue weighted by molar-refractivity contribution is 7.90. The number of nitrogens with one attached hydrogen (secondary N) is 1. The van der Waals surface area contributed by atoms with Crippen LogP contribution in [0, 0.1) is 17.8 Å². The molecule has 1 heterocycles. The number of hydrogen-bond donors (Lipinski definition) is 2. The first-order chi connectivity index (χ1) is 13.9. The van der Waals surface area contributed by atoms with Gasteiger partial charge in [0.15, 0.2) is 0 Å². The molecule has 9 nitrogen and oxygen atoms in total. The average Bonchev–Trinajstić information content (AvgIpc) is 3.03. The molecule has 0 aromatic heterocycles.